The molecule has 3 nitrogen and oxygen atoms in total. The summed E-state index contributed by atoms with van der Waals surface area (Å²) in [4.78, 5) is 10.7. The van der Waals surface area contributed by atoms with Crippen molar-refractivity contribution in [2.75, 3.05) is 0 Å². The largest absolute Gasteiger partial charge is 0.488 e. The van der Waals surface area contributed by atoms with Crippen LogP contribution in [0.2, 0.25) is 0 Å². The van der Waals surface area contributed by atoms with E-state index >= 15 is 0 Å². The number of ether oxygens (including phenoxy) is 1. The first kappa shape index (κ1) is 13.6. The molecule has 0 aromatic heterocycles. The third-order valence-electron chi connectivity index (χ3n) is 2.61. The van der Waals surface area contributed by atoms with E-state index in [1.807, 2.05) is 18.2 Å². The van der Waals surface area contributed by atoms with Crippen LogP contribution in [0.15, 0.2) is 42.5 Å². The van der Waals surface area contributed by atoms with E-state index in [0.29, 0.717) is 23.5 Å². The highest BCUT2D eigenvalue weighted by molar-refractivity contribution is 14.1. The first-order valence-electron chi connectivity index (χ1n) is 5.60. The zero-order chi connectivity index (χ0) is 13.7. The SMILES string of the molecule is N#Cc1ccccc1COc1ccc(C=O)cc1I. The maximum Gasteiger partial charge on any atom is 0.150 e. The molecule has 0 N–H and O–H groups in total. The molecule has 2 rings (SSSR count). The highest BCUT2D eigenvalue weighted by Gasteiger charge is 2.05. The molecular formula is C15H10INO2. The summed E-state index contributed by atoms with van der Waals surface area (Å²) in [5, 5.41) is 8.99. The lowest BCUT2D eigenvalue weighted by Gasteiger charge is -2.09. The summed E-state index contributed by atoms with van der Waals surface area (Å²) in [5.74, 6) is 0.707. The van der Waals surface area contributed by atoms with Crippen LogP contribution in [0.4, 0.5) is 0 Å². The molecule has 0 unspecified atom stereocenters. The van der Waals surface area contributed by atoms with E-state index in [0.717, 1.165) is 15.4 Å². The topological polar surface area (TPSA) is 50.1 Å². The molecule has 0 saturated carbocycles. The Hall–Kier alpha value is -1.87. The van der Waals surface area contributed by atoms with Crippen molar-refractivity contribution in [1.29, 1.82) is 5.26 Å². The summed E-state index contributed by atoms with van der Waals surface area (Å²) < 4.78 is 6.56. The number of nitrogens with zero attached hydrogens (tertiary/aromatic N) is 1. The third kappa shape index (κ3) is 3.32. The van der Waals surface area contributed by atoms with Crippen LogP contribution in [0, 0.1) is 14.9 Å². The van der Waals surface area contributed by atoms with Crippen LogP contribution in [-0.2, 0) is 6.61 Å². The highest BCUT2D eigenvalue weighted by Crippen LogP contribution is 2.23. The molecule has 0 atom stereocenters. The summed E-state index contributed by atoms with van der Waals surface area (Å²) in [6.07, 6.45) is 0.803. The number of halogens is 1. The first-order valence-corrected chi connectivity index (χ1v) is 6.68. The van der Waals surface area contributed by atoms with Crippen molar-refractivity contribution >= 4 is 28.9 Å². The van der Waals surface area contributed by atoms with E-state index in [1.165, 1.54) is 0 Å². The molecule has 19 heavy (non-hydrogen) atoms. The Labute approximate surface area is 125 Å². The molecule has 0 amide bonds. The minimum absolute atomic E-state index is 0.334. The molecule has 0 aliphatic heterocycles. The van der Waals surface area contributed by atoms with E-state index in [4.69, 9.17) is 10.00 Å². The van der Waals surface area contributed by atoms with Gasteiger partial charge in [0, 0.05) is 11.1 Å². The number of carbonyl (C=O) groups is 1. The van der Waals surface area contributed by atoms with Crippen molar-refractivity contribution < 1.29 is 9.53 Å². The fourth-order valence-corrected chi connectivity index (χ4v) is 2.31. The van der Waals surface area contributed by atoms with Gasteiger partial charge in [0.15, 0.2) is 0 Å². The van der Waals surface area contributed by atoms with Crippen LogP contribution < -0.4 is 4.74 Å². The van der Waals surface area contributed by atoms with Gasteiger partial charge in [-0.15, -0.1) is 0 Å². The second-order valence-corrected chi connectivity index (χ2v) is 5.03. The van der Waals surface area contributed by atoms with Gasteiger partial charge in [-0.1, -0.05) is 18.2 Å². The number of carbonyl (C=O) groups excluding carboxylic acids is 1. The highest BCUT2D eigenvalue weighted by atomic mass is 127. The van der Waals surface area contributed by atoms with E-state index in [2.05, 4.69) is 28.7 Å². The number of rotatable bonds is 4. The van der Waals surface area contributed by atoms with Crippen molar-refractivity contribution in [3.05, 3.63) is 62.7 Å². The molecule has 0 saturated heterocycles. The minimum Gasteiger partial charge on any atom is -0.488 e. The van der Waals surface area contributed by atoms with Crippen molar-refractivity contribution in [3.8, 4) is 11.8 Å². The van der Waals surface area contributed by atoms with Gasteiger partial charge in [-0.05, 0) is 46.9 Å². The number of benzene rings is 2. The molecule has 0 heterocycles. The second kappa shape index (κ2) is 6.34. The molecule has 0 fully saturated rings. The Morgan fingerprint density at radius 3 is 2.74 bits per heavy atom. The average Bonchev–Trinajstić information content (AvgIpc) is 2.46. The molecule has 0 aliphatic carbocycles. The monoisotopic (exact) mass is 363 g/mol. The average molecular weight is 363 g/mol. The zero-order valence-electron chi connectivity index (χ0n) is 9.97. The molecule has 0 bridgehead atoms. The maximum absolute atomic E-state index is 10.7. The Balaban J connectivity index is 2.15. The van der Waals surface area contributed by atoms with Crippen LogP contribution in [0.25, 0.3) is 0 Å². The van der Waals surface area contributed by atoms with Gasteiger partial charge < -0.3 is 4.74 Å². The van der Waals surface area contributed by atoms with Crippen molar-refractivity contribution in [3.63, 3.8) is 0 Å². The molecule has 0 spiro atoms. The second-order valence-electron chi connectivity index (χ2n) is 3.87. The number of hydrogen-bond donors (Lipinski definition) is 0. The van der Waals surface area contributed by atoms with E-state index < -0.39 is 0 Å². The quantitative estimate of drug-likeness (QED) is 0.617. The number of aldehydes is 1. The standard InChI is InChI=1S/C15H10INO2/c16-14-7-11(9-18)5-6-15(14)19-10-13-4-2-1-3-12(13)8-17/h1-7,9H,10H2. The molecule has 94 valence electrons. The third-order valence-corrected chi connectivity index (χ3v) is 3.46. The minimum atomic E-state index is 0.334. The molecular weight excluding hydrogens is 353 g/mol. The van der Waals surface area contributed by atoms with Crippen LogP contribution >= 0.6 is 22.6 Å². The molecule has 0 radical (unpaired) electrons. The Bertz CT molecular complexity index is 647. The summed E-state index contributed by atoms with van der Waals surface area (Å²) in [6.45, 7) is 0.334. The van der Waals surface area contributed by atoms with Crippen LogP contribution in [-0.4, -0.2) is 6.29 Å². The van der Waals surface area contributed by atoms with Gasteiger partial charge in [0.2, 0.25) is 0 Å². The van der Waals surface area contributed by atoms with E-state index in [1.54, 1.807) is 24.3 Å². The van der Waals surface area contributed by atoms with Crippen molar-refractivity contribution in [1.82, 2.24) is 0 Å². The number of hydrogen-bond acceptors (Lipinski definition) is 3. The summed E-state index contributed by atoms with van der Waals surface area (Å²) in [5.41, 5.74) is 2.08. The molecule has 4 heteroatoms. The normalized spacial score (nSPS) is 9.68. The smallest absolute Gasteiger partial charge is 0.150 e. The van der Waals surface area contributed by atoms with Crippen molar-refractivity contribution in [2.45, 2.75) is 6.61 Å². The first-order chi connectivity index (χ1) is 9.24. The van der Waals surface area contributed by atoms with Gasteiger partial charge in [0.25, 0.3) is 0 Å². The lowest BCUT2D eigenvalue weighted by Crippen LogP contribution is -1.99. The van der Waals surface area contributed by atoms with Crippen LogP contribution in [0.1, 0.15) is 21.5 Å². The molecule has 2 aromatic rings. The summed E-state index contributed by atoms with van der Waals surface area (Å²) in [7, 11) is 0. The Kier molecular flexibility index (Phi) is 4.53. The maximum atomic E-state index is 10.7. The van der Waals surface area contributed by atoms with Crippen LogP contribution in [0.5, 0.6) is 5.75 Å². The van der Waals surface area contributed by atoms with Gasteiger partial charge in [0.05, 0.1) is 15.2 Å². The lowest BCUT2D eigenvalue weighted by molar-refractivity contribution is 0.112. The zero-order valence-corrected chi connectivity index (χ0v) is 12.1. The predicted molar refractivity (Wildman–Crippen MR) is 80.0 cm³/mol. The van der Waals surface area contributed by atoms with E-state index in [9.17, 15) is 4.79 Å². The van der Waals surface area contributed by atoms with Gasteiger partial charge in [-0.25, -0.2) is 0 Å². The predicted octanol–water partition coefficient (Wildman–Crippen LogP) is 3.55. The van der Waals surface area contributed by atoms with Gasteiger partial charge >= 0.3 is 0 Å². The lowest BCUT2D eigenvalue weighted by atomic mass is 10.1. The van der Waals surface area contributed by atoms with Gasteiger partial charge in [-0.3, -0.25) is 4.79 Å². The summed E-state index contributed by atoms with van der Waals surface area (Å²) >= 11 is 2.12. The van der Waals surface area contributed by atoms with Gasteiger partial charge in [-0.2, -0.15) is 5.26 Å². The summed E-state index contributed by atoms with van der Waals surface area (Å²) in [6, 6.07) is 14.7. The van der Waals surface area contributed by atoms with Crippen LogP contribution in [0.3, 0.4) is 0 Å². The number of nitriles is 1. The molecule has 0 aliphatic rings. The fourth-order valence-electron chi connectivity index (χ4n) is 1.62. The Morgan fingerprint density at radius 2 is 2.05 bits per heavy atom. The fraction of sp³-hybridized carbons (Fsp3) is 0.0667. The molecule has 2 aromatic carbocycles. The van der Waals surface area contributed by atoms with Gasteiger partial charge in [0.1, 0.15) is 18.6 Å². The Morgan fingerprint density at radius 1 is 1.26 bits per heavy atom. The van der Waals surface area contributed by atoms with E-state index in [-0.39, 0.29) is 0 Å². The van der Waals surface area contributed by atoms with Crippen molar-refractivity contribution in [2.24, 2.45) is 0 Å².